The lowest BCUT2D eigenvalue weighted by atomic mass is 10.3. The predicted octanol–water partition coefficient (Wildman–Crippen LogP) is 1.59. The summed E-state index contributed by atoms with van der Waals surface area (Å²) in [4.78, 5) is 7.99. The van der Waals surface area contributed by atoms with Crippen LogP contribution in [0, 0.1) is 6.92 Å². The highest BCUT2D eigenvalue weighted by Crippen LogP contribution is 2.16. The zero-order valence-electron chi connectivity index (χ0n) is 9.74. The Morgan fingerprint density at radius 1 is 1.50 bits per heavy atom. The fourth-order valence-corrected chi connectivity index (χ4v) is 2.45. The second kappa shape index (κ2) is 6.18. The SMILES string of the molecule is Cc1cnc(NCCCN2CCOCC2)s1. The molecule has 0 saturated carbocycles. The topological polar surface area (TPSA) is 37.4 Å². The van der Waals surface area contributed by atoms with Crippen LogP contribution in [0.4, 0.5) is 5.13 Å². The number of anilines is 1. The van der Waals surface area contributed by atoms with Gasteiger partial charge in [0.1, 0.15) is 0 Å². The molecule has 1 aliphatic heterocycles. The first-order valence-corrected chi connectivity index (χ1v) is 6.62. The maximum absolute atomic E-state index is 5.31. The molecule has 1 N–H and O–H groups in total. The lowest BCUT2D eigenvalue weighted by molar-refractivity contribution is 0.0378. The van der Waals surface area contributed by atoms with Crippen LogP contribution < -0.4 is 5.32 Å². The first kappa shape index (κ1) is 11.8. The summed E-state index contributed by atoms with van der Waals surface area (Å²) in [6.07, 6.45) is 3.08. The minimum absolute atomic E-state index is 0.888. The average Bonchev–Trinajstić information content (AvgIpc) is 2.72. The number of rotatable bonds is 5. The number of aromatic nitrogens is 1. The Hall–Kier alpha value is -0.650. The van der Waals surface area contributed by atoms with E-state index in [0.29, 0.717) is 0 Å². The van der Waals surface area contributed by atoms with Crippen LogP contribution in [0.15, 0.2) is 6.20 Å². The van der Waals surface area contributed by atoms with E-state index in [9.17, 15) is 0 Å². The van der Waals surface area contributed by atoms with E-state index in [-0.39, 0.29) is 0 Å². The first-order chi connectivity index (χ1) is 7.84. The number of nitrogens with one attached hydrogen (secondary N) is 1. The predicted molar refractivity (Wildman–Crippen MR) is 67.2 cm³/mol. The lowest BCUT2D eigenvalue weighted by Crippen LogP contribution is -2.37. The van der Waals surface area contributed by atoms with Gasteiger partial charge in [0.2, 0.25) is 0 Å². The Balaban J connectivity index is 1.57. The molecule has 1 aliphatic rings. The van der Waals surface area contributed by atoms with E-state index in [1.54, 1.807) is 11.3 Å². The quantitative estimate of drug-likeness (QED) is 0.794. The summed E-state index contributed by atoms with van der Waals surface area (Å²) < 4.78 is 5.31. The van der Waals surface area contributed by atoms with Gasteiger partial charge >= 0.3 is 0 Å². The fraction of sp³-hybridized carbons (Fsp3) is 0.727. The van der Waals surface area contributed by atoms with Crippen molar-refractivity contribution in [2.24, 2.45) is 0 Å². The molecule has 1 aromatic rings. The number of hydrogen-bond donors (Lipinski definition) is 1. The van der Waals surface area contributed by atoms with Crippen LogP contribution in [0.3, 0.4) is 0 Å². The second-order valence-electron chi connectivity index (χ2n) is 4.01. The van der Waals surface area contributed by atoms with Gasteiger partial charge in [-0.05, 0) is 19.9 Å². The highest BCUT2D eigenvalue weighted by Gasteiger charge is 2.09. The number of ether oxygens (including phenoxy) is 1. The van der Waals surface area contributed by atoms with Gasteiger partial charge in [-0.2, -0.15) is 0 Å². The Morgan fingerprint density at radius 3 is 3.00 bits per heavy atom. The smallest absolute Gasteiger partial charge is 0.182 e. The summed E-state index contributed by atoms with van der Waals surface area (Å²) in [5.41, 5.74) is 0. The third-order valence-corrected chi connectivity index (χ3v) is 3.52. The van der Waals surface area contributed by atoms with Gasteiger partial charge in [0.15, 0.2) is 5.13 Å². The molecule has 90 valence electrons. The maximum Gasteiger partial charge on any atom is 0.182 e. The van der Waals surface area contributed by atoms with Gasteiger partial charge in [-0.3, -0.25) is 4.90 Å². The van der Waals surface area contributed by atoms with E-state index in [4.69, 9.17) is 4.74 Å². The molecule has 0 spiro atoms. The van der Waals surface area contributed by atoms with E-state index < -0.39 is 0 Å². The van der Waals surface area contributed by atoms with Crippen LogP contribution in [-0.4, -0.2) is 49.3 Å². The summed E-state index contributed by atoms with van der Waals surface area (Å²) in [6.45, 7) is 8.17. The third-order valence-electron chi connectivity index (χ3n) is 2.65. The van der Waals surface area contributed by atoms with Gasteiger partial charge in [-0.15, -0.1) is 11.3 Å². The molecule has 0 unspecified atom stereocenters. The highest BCUT2D eigenvalue weighted by atomic mass is 32.1. The van der Waals surface area contributed by atoms with Crippen molar-refractivity contribution in [2.45, 2.75) is 13.3 Å². The van der Waals surface area contributed by atoms with Crippen molar-refractivity contribution in [1.29, 1.82) is 0 Å². The Bertz CT molecular complexity index is 310. The van der Waals surface area contributed by atoms with E-state index in [2.05, 4.69) is 22.1 Å². The molecule has 0 amide bonds. The van der Waals surface area contributed by atoms with Crippen LogP contribution in [0.5, 0.6) is 0 Å². The molecule has 1 fully saturated rings. The Kier molecular flexibility index (Phi) is 4.56. The van der Waals surface area contributed by atoms with Gasteiger partial charge < -0.3 is 10.1 Å². The highest BCUT2D eigenvalue weighted by molar-refractivity contribution is 7.15. The summed E-state index contributed by atoms with van der Waals surface area (Å²) in [6, 6.07) is 0. The van der Waals surface area contributed by atoms with Gasteiger partial charge in [0, 0.05) is 30.7 Å². The van der Waals surface area contributed by atoms with Crippen molar-refractivity contribution in [3.63, 3.8) is 0 Å². The van der Waals surface area contributed by atoms with Crippen LogP contribution in [0.2, 0.25) is 0 Å². The van der Waals surface area contributed by atoms with Crippen LogP contribution in [-0.2, 0) is 4.74 Å². The molecule has 0 atom stereocenters. The lowest BCUT2D eigenvalue weighted by Gasteiger charge is -2.26. The summed E-state index contributed by atoms with van der Waals surface area (Å²) in [5, 5.41) is 4.40. The normalized spacial score (nSPS) is 17.6. The molecule has 16 heavy (non-hydrogen) atoms. The minimum Gasteiger partial charge on any atom is -0.379 e. The molecular weight excluding hydrogens is 222 g/mol. The second-order valence-corrected chi connectivity index (χ2v) is 5.25. The standard InChI is InChI=1S/C11H19N3OS/c1-10-9-13-11(16-10)12-3-2-4-14-5-7-15-8-6-14/h9H,2-8H2,1H3,(H,12,13). The largest absolute Gasteiger partial charge is 0.379 e. The molecule has 5 heteroatoms. The van der Waals surface area contributed by atoms with Crippen molar-refractivity contribution in [3.05, 3.63) is 11.1 Å². The van der Waals surface area contributed by atoms with Crippen LogP contribution in [0.25, 0.3) is 0 Å². The summed E-state index contributed by atoms with van der Waals surface area (Å²) in [5.74, 6) is 0. The Labute approximate surface area is 101 Å². The molecule has 4 nitrogen and oxygen atoms in total. The van der Waals surface area contributed by atoms with Gasteiger partial charge in [0.05, 0.1) is 13.2 Å². The van der Waals surface area contributed by atoms with E-state index in [1.807, 2.05) is 6.20 Å². The molecule has 2 rings (SSSR count). The van der Waals surface area contributed by atoms with Crippen molar-refractivity contribution in [3.8, 4) is 0 Å². The minimum atomic E-state index is 0.888. The Morgan fingerprint density at radius 2 is 2.31 bits per heavy atom. The molecule has 2 heterocycles. The molecular formula is C11H19N3OS. The number of nitrogens with zero attached hydrogens (tertiary/aromatic N) is 2. The van der Waals surface area contributed by atoms with Crippen LogP contribution >= 0.6 is 11.3 Å². The molecule has 0 aromatic carbocycles. The fourth-order valence-electron chi connectivity index (χ4n) is 1.76. The van der Waals surface area contributed by atoms with E-state index in [1.165, 1.54) is 11.3 Å². The van der Waals surface area contributed by atoms with Crippen molar-refractivity contribution < 1.29 is 4.74 Å². The molecule has 0 aliphatic carbocycles. The van der Waals surface area contributed by atoms with Crippen LogP contribution in [0.1, 0.15) is 11.3 Å². The maximum atomic E-state index is 5.31. The van der Waals surface area contributed by atoms with Gasteiger partial charge in [-0.1, -0.05) is 0 Å². The van der Waals surface area contributed by atoms with Gasteiger partial charge in [0.25, 0.3) is 0 Å². The number of thiazole rings is 1. The molecule has 1 saturated heterocycles. The average molecular weight is 241 g/mol. The molecule has 0 radical (unpaired) electrons. The monoisotopic (exact) mass is 241 g/mol. The van der Waals surface area contributed by atoms with Gasteiger partial charge in [-0.25, -0.2) is 4.98 Å². The molecule has 1 aromatic heterocycles. The number of hydrogen-bond acceptors (Lipinski definition) is 5. The van der Waals surface area contributed by atoms with Crippen molar-refractivity contribution in [2.75, 3.05) is 44.7 Å². The van der Waals surface area contributed by atoms with Crippen molar-refractivity contribution >= 4 is 16.5 Å². The van der Waals surface area contributed by atoms with E-state index >= 15 is 0 Å². The number of aryl methyl sites for hydroxylation is 1. The summed E-state index contributed by atoms with van der Waals surface area (Å²) >= 11 is 1.72. The zero-order chi connectivity index (χ0) is 11.2. The van der Waals surface area contributed by atoms with E-state index in [0.717, 1.165) is 44.5 Å². The zero-order valence-corrected chi connectivity index (χ0v) is 10.6. The first-order valence-electron chi connectivity index (χ1n) is 5.81. The third kappa shape index (κ3) is 3.73. The van der Waals surface area contributed by atoms with Crippen molar-refractivity contribution in [1.82, 2.24) is 9.88 Å². The summed E-state index contributed by atoms with van der Waals surface area (Å²) in [7, 11) is 0. The molecule has 0 bridgehead atoms. The number of morpholine rings is 1.